The molecule has 0 aliphatic heterocycles. The van der Waals surface area contributed by atoms with E-state index in [0.29, 0.717) is 5.95 Å². The van der Waals surface area contributed by atoms with Crippen LogP contribution in [0, 0.1) is 0 Å². The van der Waals surface area contributed by atoms with E-state index in [-0.39, 0.29) is 5.92 Å². The number of benzene rings is 3. The van der Waals surface area contributed by atoms with E-state index in [1.165, 1.54) is 16.7 Å². The van der Waals surface area contributed by atoms with Crippen LogP contribution in [0.2, 0.25) is 5.02 Å². The largest absolute Gasteiger partial charge is 0.324 e. The van der Waals surface area contributed by atoms with Gasteiger partial charge in [-0.15, -0.1) is 0 Å². The molecule has 6 rings (SSSR count). The summed E-state index contributed by atoms with van der Waals surface area (Å²) in [4.78, 5) is 9.55. The summed E-state index contributed by atoms with van der Waals surface area (Å²) in [5.74, 6) is 0.815. The normalized spacial score (nSPS) is 15.8. The zero-order valence-electron chi connectivity index (χ0n) is 16.8. The first-order valence-corrected chi connectivity index (χ1v) is 10.9. The van der Waals surface area contributed by atoms with Gasteiger partial charge in [-0.05, 0) is 58.9 Å². The summed E-state index contributed by atoms with van der Waals surface area (Å²) in [5, 5.41) is 4.19. The van der Waals surface area contributed by atoms with Gasteiger partial charge in [0.25, 0.3) is 0 Å². The van der Waals surface area contributed by atoms with E-state index >= 15 is 0 Å². The first kappa shape index (κ1) is 18.3. The molecular formula is C27H20ClN3. The molecule has 150 valence electrons. The fourth-order valence-corrected chi connectivity index (χ4v) is 4.95. The summed E-state index contributed by atoms with van der Waals surface area (Å²) in [6, 6.07) is 23.0. The van der Waals surface area contributed by atoms with Crippen molar-refractivity contribution < 1.29 is 0 Å². The number of hydrogen-bond acceptors (Lipinski definition) is 3. The van der Waals surface area contributed by atoms with Crippen molar-refractivity contribution in [2.45, 2.75) is 18.8 Å². The van der Waals surface area contributed by atoms with Gasteiger partial charge < -0.3 is 5.32 Å². The first-order chi connectivity index (χ1) is 15.3. The third kappa shape index (κ3) is 3.22. The van der Waals surface area contributed by atoms with E-state index in [4.69, 9.17) is 16.6 Å². The van der Waals surface area contributed by atoms with E-state index < -0.39 is 0 Å². The van der Waals surface area contributed by atoms with Crippen LogP contribution in [0.3, 0.4) is 0 Å². The van der Waals surface area contributed by atoms with E-state index in [9.17, 15) is 0 Å². The minimum absolute atomic E-state index is 0.198. The zero-order chi connectivity index (χ0) is 20.8. The molecule has 1 N–H and O–H groups in total. The Morgan fingerprint density at radius 3 is 2.65 bits per heavy atom. The average molecular weight is 422 g/mol. The lowest BCUT2D eigenvalue weighted by Gasteiger charge is -2.28. The Hall–Kier alpha value is -3.43. The molecule has 2 aliphatic rings. The van der Waals surface area contributed by atoms with Gasteiger partial charge in [0, 0.05) is 28.4 Å². The van der Waals surface area contributed by atoms with E-state index in [0.717, 1.165) is 45.9 Å². The van der Waals surface area contributed by atoms with Crippen LogP contribution in [0.4, 0.5) is 11.6 Å². The van der Waals surface area contributed by atoms with Crippen molar-refractivity contribution in [1.29, 1.82) is 0 Å². The van der Waals surface area contributed by atoms with E-state index in [1.807, 2.05) is 18.3 Å². The molecule has 0 saturated carbocycles. The summed E-state index contributed by atoms with van der Waals surface area (Å²) in [6.07, 6.45) is 8.15. The van der Waals surface area contributed by atoms with Gasteiger partial charge >= 0.3 is 0 Å². The lowest BCUT2D eigenvalue weighted by molar-refractivity contribution is 0.782. The highest BCUT2D eigenvalue weighted by molar-refractivity contribution is 6.31. The molecule has 0 radical (unpaired) electrons. The molecule has 2 aliphatic carbocycles. The lowest BCUT2D eigenvalue weighted by atomic mass is 9.78. The van der Waals surface area contributed by atoms with Crippen molar-refractivity contribution in [2.24, 2.45) is 0 Å². The average Bonchev–Trinajstić information content (AvgIpc) is 3.27. The van der Waals surface area contributed by atoms with Crippen molar-refractivity contribution in [3.63, 3.8) is 0 Å². The van der Waals surface area contributed by atoms with Crippen molar-refractivity contribution in [2.75, 3.05) is 5.32 Å². The van der Waals surface area contributed by atoms with Crippen LogP contribution in [0.15, 0.2) is 79.0 Å². The number of nitrogens with one attached hydrogen (secondary N) is 1. The lowest BCUT2D eigenvalue weighted by Crippen LogP contribution is -2.15. The minimum Gasteiger partial charge on any atom is -0.324 e. The molecule has 0 saturated heterocycles. The van der Waals surface area contributed by atoms with E-state index in [2.05, 4.69) is 77.1 Å². The fraction of sp³-hybridized carbons (Fsp3) is 0.111. The van der Waals surface area contributed by atoms with Crippen LogP contribution in [-0.4, -0.2) is 9.97 Å². The molecular weight excluding hydrogens is 402 g/mol. The predicted octanol–water partition coefficient (Wildman–Crippen LogP) is 6.80. The summed E-state index contributed by atoms with van der Waals surface area (Å²) < 4.78 is 0. The second-order valence-electron chi connectivity index (χ2n) is 8.08. The molecule has 4 aromatic rings. The van der Waals surface area contributed by atoms with Gasteiger partial charge in [-0.1, -0.05) is 72.3 Å². The number of aromatic nitrogens is 2. The second-order valence-corrected chi connectivity index (χ2v) is 8.49. The highest BCUT2D eigenvalue weighted by Crippen LogP contribution is 2.43. The fourth-order valence-electron chi connectivity index (χ4n) is 4.69. The monoisotopic (exact) mass is 421 g/mol. The third-order valence-corrected chi connectivity index (χ3v) is 6.54. The Bertz CT molecular complexity index is 1340. The quantitative estimate of drug-likeness (QED) is 0.395. The first-order valence-electron chi connectivity index (χ1n) is 10.5. The minimum atomic E-state index is 0.198. The Balaban J connectivity index is 1.39. The molecule has 1 aromatic heterocycles. The third-order valence-electron chi connectivity index (χ3n) is 6.20. The Labute approximate surface area is 186 Å². The molecule has 1 heterocycles. The maximum absolute atomic E-state index is 6.56. The van der Waals surface area contributed by atoms with Gasteiger partial charge in [-0.25, -0.2) is 9.97 Å². The zero-order valence-corrected chi connectivity index (χ0v) is 17.6. The Morgan fingerprint density at radius 2 is 1.74 bits per heavy atom. The summed E-state index contributed by atoms with van der Waals surface area (Å²) in [5.41, 5.74) is 9.32. The Kier molecular flexibility index (Phi) is 4.36. The van der Waals surface area contributed by atoms with Gasteiger partial charge in [0.1, 0.15) is 0 Å². The highest BCUT2D eigenvalue weighted by atomic mass is 35.5. The van der Waals surface area contributed by atoms with Crippen LogP contribution in [-0.2, 0) is 12.8 Å². The molecule has 31 heavy (non-hydrogen) atoms. The number of nitrogens with zero attached hydrogens (tertiary/aromatic N) is 2. The van der Waals surface area contributed by atoms with Crippen LogP contribution in [0.1, 0.15) is 33.7 Å². The van der Waals surface area contributed by atoms with E-state index in [1.54, 1.807) is 0 Å². The smallest absolute Gasteiger partial charge is 0.227 e. The Morgan fingerprint density at radius 1 is 0.903 bits per heavy atom. The van der Waals surface area contributed by atoms with Crippen molar-refractivity contribution in [3.05, 3.63) is 112 Å². The van der Waals surface area contributed by atoms with Crippen LogP contribution >= 0.6 is 11.6 Å². The van der Waals surface area contributed by atoms with Gasteiger partial charge in [-0.2, -0.15) is 0 Å². The van der Waals surface area contributed by atoms with Crippen LogP contribution in [0.25, 0.3) is 17.3 Å². The molecule has 1 unspecified atom stereocenters. The van der Waals surface area contributed by atoms with Crippen LogP contribution in [0.5, 0.6) is 0 Å². The number of allylic oxidation sites excluding steroid dienone is 1. The molecule has 0 amide bonds. The number of anilines is 2. The maximum atomic E-state index is 6.56. The topological polar surface area (TPSA) is 37.8 Å². The van der Waals surface area contributed by atoms with Crippen molar-refractivity contribution in [1.82, 2.24) is 9.97 Å². The van der Waals surface area contributed by atoms with Gasteiger partial charge in [-0.3, -0.25) is 0 Å². The van der Waals surface area contributed by atoms with Crippen molar-refractivity contribution >= 4 is 29.3 Å². The van der Waals surface area contributed by atoms with Gasteiger partial charge in [0.15, 0.2) is 0 Å². The number of halogens is 1. The summed E-state index contributed by atoms with van der Waals surface area (Å²) >= 11 is 6.56. The summed E-state index contributed by atoms with van der Waals surface area (Å²) in [7, 11) is 0. The number of fused-ring (bicyclic) bond motifs is 4. The predicted molar refractivity (Wildman–Crippen MR) is 127 cm³/mol. The second kappa shape index (κ2) is 7.36. The molecule has 3 aromatic carbocycles. The standard InChI is InChI=1S/C27H20ClN3/c28-25-11-4-3-9-22(25)24-15-19-16-29-27(31-26(19)23-10-2-1-8-21(23)24)30-20-13-12-17-6-5-7-18(17)14-20/h1-5,7-14,16,24H,6,15H2,(H,29,30,31). The molecule has 0 bridgehead atoms. The number of rotatable bonds is 3. The van der Waals surface area contributed by atoms with Crippen LogP contribution < -0.4 is 5.32 Å². The molecule has 1 atom stereocenters. The molecule has 0 spiro atoms. The van der Waals surface area contributed by atoms with Gasteiger partial charge in [0.2, 0.25) is 5.95 Å². The summed E-state index contributed by atoms with van der Waals surface area (Å²) in [6.45, 7) is 0. The number of hydrogen-bond donors (Lipinski definition) is 1. The maximum Gasteiger partial charge on any atom is 0.227 e. The van der Waals surface area contributed by atoms with Gasteiger partial charge in [0.05, 0.1) is 5.69 Å². The SMILES string of the molecule is Clc1ccccc1C1Cc2cnc(Nc3ccc4c(c3)C=CC4)nc2-c2ccccc21. The molecule has 4 heteroatoms. The molecule has 0 fully saturated rings. The highest BCUT2D eigenvalue weighted by Gasteiger charge is 2.28. The molecule has 3 nitrogen and oxygen atoms in total. The van der Waals surface area contributed by atoms with Crippen molar-refractivity contribution in [3.8, 4) is 11.3 Å².